The molecule has 1 aliphatic heterocycles. The number of aromatic nitrogens is 6. The predicted molar refractivity (Wildman–Crippen MR) is 145 cm³/mol. The van der Waals surface area contributed by atoms with Crippen molar-refractivity contribution in [3.8, 4) is 22.5 Å². The Kier molecular flexibility index (Phi) is 8.14. The van der Waals surface area contributed by atoms with Crippen molar-refractivity contribution >= 4 is 17.6 Å². The Balaban J connectivity index is 1.49. The van der Waals surface area contributed by atoms with Crippen molar-refractivity contribution in [2.45, 2.75) is 57.6 Å². The molecule has 1 saturated heterocycles. The van der Waals surface area contributed by atoms with Crippen molar-refractivity contribution in [1.82, 2.24) is 35.5 Å². The number of likely N-dealkylation sites (tertiary alicyclic amines) is 1. The molecule has 2 aromatic heterocycles. The first kappa shape index (κ1) is 26.1. The van der Waals surface area contributed by atoms with E-state index in [0.717, 1.165) is 66.7 Å². The smallest absolute Gasteiger partial charge is 0.324 e. The number of halogens is 1. The number of nitrogens with zero attached hydrogens (tertiary/aromatic N) is 5. The highest BCUT2D eigenvalue weighted by Gasteiger charge is 2.33. The number of imidazole rings is 1. The van der Waals surface area contributed by atoms with Gasteiger partial charge in [-0.3, -0.25) is 9.69 Å². The number of aryl methyl sites for hydroxylation is 1. The van der Waals surface area contributed by atoms with E-state index in [0.29, 0.717) is 23.1 Å². The Bertz CT molecular complexity index is 1360. The average Bonchev–Trinajstić information content (AvgIpc) is 3.69. The summed E-state index contributed by atoms with van der Waals surface area (Å²) in [6.45, 7) is 3.01. The first-order chi connectivity index (χ1) is 18.5. The van der Waals surface area contributed by atoms with Crippen LogP contribution in [0, 0.1) is 0 Å². The quantitative estimate of drug-likeness (QED) is 0.270. The summed E-state index contributed by atoms with van der Waals surface area (Å²) >= 11 is 6.60. The zero-order valence-electron chi connectivity index (χ0n) is 21.7. The normalized spacial score (nSPS) is 16.6. The molecule has 9 nitrogen and oxygen atoms in total. The lowest BCUT2D eigenvalue weighted by atomic mass is 9.95. The van der Waals surface area contributed by atoms with Gasteiger partial charge < -0.3 is 9.72 Å². The summed E-state index contributed by atoms with van der Waals surface area (Å²) < 4.78 is 6.15. The number of ether oxygens (including phenoxy) is 1. The van der Waals surface area contributed by atoms with Gasteiger partial charge in [-0.15, -0.1) is 10.2 Å². The summed E-state index contributed by atoms with van der Waals surface area (Å²) in [6.07, 6.45) is 4.39. The number of likely N-dealkylation sites (N-methyl/N-ethyl adjacent to an activating group) is 1. The number of benzene rings is 2. The largest absolute Gasteiger partial charge is 0.454 e. The van der Waals surface area contributed by atoms with Crippen molar-refractivity contribution in [1.29, 1.82) is 0 Å². The van der Waals surface area contributed by atoms with Crippen LogP contribution in [0.4, 0.5) is 0 Å². The fourth-order valence-corrected chi connectivity index (χ4v) is 5.25. The Morgan fingerprint density at radius 2 is 2.05 bits per heavy atom. The number of carbonyl (C=O) groups excluding carboxylic acids is 1. The second-order valence-corrected chi connectivity index (χ2v) is 10.1. The number of hydrogen-bond acceptors (Lipinski definition) is 7. The summed E-state index contributed by atoms with van der Waals surface area (Å²) in [6, 6.07) is 15.9. The Hall–Kier alpha value is -3.56. The second-order valence-electron chi connectivity index (χ2n) is 9.74. The van der Waals surface area contributed by atoms with Gasteiger partial charge in [0.1, 0.15) is 18.0 Å². The van der Waals surface area contributed by atoms with Crippen LogP contribution in [0.15, 0.2) is 48.5 Å². The van der Waals surface area contributed by atoms with Crippen molar-refractivity contribution in [2.24, 2.45) is 0 Å². The number of rotatable bonds is 10. The minimum Gasteiger partial charge on any atom is -0.454 e. The van der Waals surface area contributed by atoms with Crippen LogP contribution >= 0.6 is 11.6 Å². The van der Waals surface area contributed by atoms with Gasteiger partial charge in [-0.1, -0.05) is 67.4 Å². The fourth-order valence-electron chi connectivity index (χ4n) is 4.98. The number of unbranched alkanes of at least 4 members (excludes halogenated alkanes) is 1. The molecule has 10 heteroatoms. The van der Waals surface area contributed by atoms with E-state index in [1.54, 1.807) is 0 Å². The summed E-state index contributed by atoms with van der Waals surface area (Å²) in [4.78, 5) is 23.2. The van der Waals surface area contributed by atoms with Crippen LogP contribution in [0.2, 0.25) is 5.15 Å². The molecule has 0 spiro atoms. The van der Waals surface area contributed by atoms with Gasteiger partial charge in [-0.05, 0) is 60.8 Å². The van der Waals surface area contributed by atoms with Crippen molar-refractivity contribution in [3.05, 3.63) is 70.8 Å². The Morgan fingerprint density at radius 1 is 1.21 bits per heavy atom. The number of tetrazole rings is 1. The van der Waals surface area contributed by atoms with Gasteiger partial charge in [0.15, 0.2) is 5.15 Å². The predicted octanol–water partition coefficient (Wildman–Crippen LogP) is 5.17. The summed E-state index contributed by atoms with van der Waals surface area (Å²) in [5, 5.41) is 15.1. The molecule has 0 amide bonds. The van der Waals surface area contributed by atoms with Gasteiger partial charge >= 0.3 is 5.97 Å². The maximum absolute atomic E-state index is 13.2. The maximum atomic E-state index is 13.2. The summed E-state index contributed by atoms with van der Waals surface area (Å²) in [5.74, 6) is 1.06. The zero-order valence-corrected chi connectivity index (χ0v) is 22.4. The van der Waals surface area contributed by atoms with E-state index in [-0.39, 0.29) is 12.0 Å². The third kappa shape index (κ3) is 5.79. The molecule has 1 aliphatic rings. The van der Waals surface area contributed by atoms with Gasteiger partial charge in [0.25, 0.3) is 0 Å². The van der Waals surface area contributed by atoms with E-state index >= 15 is 0 Å². The van der Waals surface area contributed by atoms with Crippen LogP contribution < -0.4 is 0 Å². The molecule has 38 heavy (non-hydrogen) atoms. The SMILES string of the molecule is CCCCc1nc(Cl)c([C@H](Cc2ccc(-c3ccccc3)c(-c3nn[nH]n3)c2)OC(=O)[C@@H]2CCCN2C)[nH]1. The molecule has 0 radical (unpaired) electrons. The maximum Gasteiger partial charge on any atom is 0.324 e. The highest BCUT2D eigenvalue weighted by molar-refractivity contribution is 6.30. The molecule has 198 valence electrons. The minimum absolute atomic E-state index is 0.241. The lowest BCUT2D eigenvalue weighted by Gasteiger charge is -2.23. The van der Waals surface area contributed by atoms with Crippen LogP contribution in [-0.2, 0) is 22.4 Å². The first-order valence-electron chi connectivity index (χ1n) is 13.1. The standard InChI is InChI=1S/C28H32ClN7O2/c1-3-4-12-24-30-25(26(29)31-24)23(38-28(37)22-11-8-15-36(22)2)17-18-13-14-20(19-9-6-5-7-10-19)21(16-18)27-32-34-35-33-27/h5-7,9-10,13-14,16,22-23H,3-4,8,11-12,15,17H2,1-2H3,(H,30,31)(H,32,33,34,35)/t22-,23-/m0/s1. The average molecular weight is 534 g/mol. The van der Waals surface area contributed by atoms with Crippen LogP contribution in [0.5, 0.6) is 0 Å². The van der Waals surface area contributed by atoms with E-state index in [2.05, 4.69) is 37.5 Å². The highest BCUT2D eigenvalue weighted by atomic mass is 35.5. The molecule has 2 atom stereocenters. The van der Waals surface area contributed by atoms with Gasteiger partial charge in [-0.25, -0.2) is 4.98 Å². The zero-order chi connectivity index (χ0) is 26.5. The van der Waals surface area contributed by atoms with E-state index in [1.165, 1.54) is 0 Å². The summed E-state index contributed by atoms with van der Waals surface area (Å²) in [5.41, 5.74) is 4.44. The van der Waals surface area contributed by atoms with Crippen LogP contribution in [0.1, 0.15) is 55.8 Å². The number of nitrogens with one attached hydrogen (secondary N) is 2. The second kappa shape index (κ2) is 11.9. The molecule has 0 saturated carbocycles. The topological polar surface area (TPSA) is 113 Å². The molecule has 2 N–H and O–H groups in total. The van der Waals surface area contributed by atoms with Gasteiger partial charge in [-0.2, -0.15) is 5.21 Å². The third-order valence-electron chi connectivity index (χ3n) is 7.05. The molecule has 0 unspecified atom stereocenters. The third-order valence-corrected chi connectivity index (χ3v) is 7.34. The molecule has 1 fully saturated rings. The molecular formula is C28H32ClN7O2. The number of esters is 1. The minimum atomic E-state index is -0.618. The van der Waals surface area contributed by atoms with Crippen LogP contribution in [-0.4, -0.2) is 61.1 Å². The van der Waals surface area contributed by atoms with Gasteiger partial charge in [0.2, 0.25) is 5.82 Å². The molecule has 0 aliphatic carbocycles. The van der Waals surface area contributed by atoms with Gasteiger partial charge in [0.05, 0.1) is 5.69 Å². The lowest BCUT2D eigenvalue weighted by molar-refractivity contribution is -0.154. The number of aromatic amines is 2. The summed E-state index contributed by atoms with van der Waals surface area (Å²) in [7, 11) is 1.96. The highest BCUT2D eigenvalue weighted by Crippen LogP contribution is 2.34. The molecule has 4 aromatic rings. The van der Waals surface area contributed by atoms with E-state index in [1.807, 2.05) is 60.5 Å². The molecule has 2 aromatic carbocycles. The number of hydrogen-bond donors (Lipinski definition) is 2. The molecular weight excluding hydrogens is 502 g/mol. The Morgan fingerprint density at radius 3 is 2.76 bits per heavy atom. The van der Waals surface area contributed by atoms with Gasteiger partial charge in [0, 0.05) is 18.4 Å². The lowest BCUT2D eigenvalue weighted by Crippen LogP contribution is -2.35. The van der Waals surface area contributed by atoms with E-state index < -0.39 is 6.10 Å². The first-order valence-corrected chi connectivity index (χ1v) is 13.5. The number of H-pyrrole nitrogens is 2. The van der Waals surface area contributed by atoms with E-state index in [4.69, 9.17) is 16.3 Å². The van der Waals surface area contributed by atoms with E-state index in [9.17, 15) is 4.79 Å². The molecule has 0 bridgehead atoms. The fraction of sp³-hybridized carbons (Fsp3) is 0.393. The number of carbonyl (C=O) groups is 1. The monoisotopic (exact) mass is 533 g/mol. The van der Waals surface area contributed by atoms with Crippen molar-refractivity contribution < 1.29 is 9.53 Å². The van der Waals surface area contributed by atoms with Crippen LogP contribution in [0.25, 0.3) is 22.5 Å². The van der Waals surface area contributed by atoms with Crippen molar-refractivity contribution in [2.75, 3.05) is 13.6 Å². The van der Waals surface area contributed by atoms with Crippen molar-refractivity contribution in [3.63, 3.8) is 0 Å². The Labute approximate surface area is 227 Å². The molecule has 5 rings (SSSR count). The molecule has 3 heterocycles. The van der Waals surface area contributed by atoms with Crippen LogP contribution in [0.3, 0.4) is 0 Å².